The van der Waals surface area contributed by atoms with Gasteiger partial charge in [0.05, 0.1) is 23.8 Å². The third-order valence-electron chi connectivity index (χ3n) is 5.87. The van der Waals surface area contributed by atoms with Gasteiger partial charge in [-0.05, 0) is 55.2 Å². The monoisotopic (exact) mass is 444 g/mol. The number of rotatable bonds is 6. The Morgan fingerprint density at radius 1 is 1.00 bits per heavy atom. The molecule has 2 saturated heterocycles. The molecule has 8 nitrogen and oxygen atoms in total. The molecule has 2 aliphatic heterocycles. The zero-order chi connectivity index (χ0) is 21.7. The molecule has 1 amide bonds. The Kier molecular flexibility index (Phi) is 6.84. The molecule has 2 aromatic rings. The average Bonchev–Trinajstić information content (AvgIpc) is 2.80. The number of aromatic nitrogens is 1. The summed E-state index contributed by atoms with van der Waals surface area (Å²) in [7, 11) is -3.72. The summed E-state index contributed by atoms with van der Waals surface area (Å²) >= 11 is 0. The Morgan fingerprint density at radius 3 is 2.29 bits per heavy atom. The molecule has 1 aromatic carbocycles. The Morgan fingerprint density at radius 2 is 1.65 bits per heavy atom. The number of ether oxygens (including phenoxy) is 1. The van der Waals surface area contributed by atoms with E-state index in [1.807, 2.05) is 4.90 Å². The maximum atomic E-state index is 12.9. The summed E-state index contributed by atoms with van der Waals surface area (Å²) in [5, 5.41) is 0. The van der Waals surface area contributed by atoms with Gasteiger partial charge in [-0.1, -0.05) is 0 Å². The van der Waals surface area contributed by atoms with E-state index < -0.39 is 10.0 Å². The summed E-state index contributed by atoms with van der Waals surface area (Å²) in [6.07, 6.45) is 5.02. The molecule has 0 saturated carbocycles. The quantitative estimate of drug-likeness (QED) is 0.733. The van der Waals surface area contributed by atoms with Gasteiger partial charge in [0, 0.05) is 50.7 Å². The SMILES string of the molecule is O=C(c1ccc(S(=O)(=O)Nc2ccncc2)cc1)N1CCC(CN2CCOCC2)CC1. The Hall–Kier alpha value is -2.49. The van der Waals surface area contributed by atoms with Crippen LogP contribution in [0.2, 0.25) is 0 Å². The number of piperidine rings is 1. The second-order valence-corrected chi connectivity index (χ2v) is 9.70. The number of carbonyl (C=O) groups is 1. The lowest BCUT2D eigenvalue weighted by molar-refractivity contribution is 0.0243. The van der Waals surface area contributed by atoms with Crippen molar-refractivity contribution in [3.8, 4) is 0 Å². The lowest BCUT2D eigenvalue weighted by Crippen LogP contribution is -2.44. The van der Waals surface area contributed by atoms with Gasteiger partial charge >= 0.3 is 0 Å². The van der Waals surface area contributed by atoms with Gasteiger partial charge in [-0.15, -0.1) is 0 Å². The first-order valence-corrected chi connectivity index (χ1v) is 12.1. The molecule has 31 heavy (non-hydrogen) atoms. The topological polar surface area (TPSA) is 91.8 Å². The van der Waals surface area contributed by atoms with Crippen LogP contribution < -0.4 is 4.72 Å². The highest BCUT2D eigenvalue weighted by Crippen LogP contribution is 2.22. The predicted molar refractivity (Wildman–Crippen MR) is 117 cm³/mol. The second-order valence-electron chi connectivity index (χ2n) is 8.01. The van der Waals surface area contributed by atoms with Crippen LogP contribution >= 0.6 is 0 Å². The van der Waals surface area contributed by atoms with Crippen LogP contribution in [0.1, 0.15) is 23.2 Å². The average molecular weight is 445 g/mol. The van der Waals surface area contributed by atoms with Crippen molar-refractivity contribution in [2.24, 2.45) is 5.92 Å². The molecule has 0 radical (unpaired) electrons. The van der Waals surface area contributed by atoms with Crippen LogP contribution in [0.3, 0.4) is 0 Å². The van der Waals surface area contributed by atoms with Crippen LogP contribution in [0.25, 0.3) is 0 Å². The third kappa shape index (κ3) is 5.61. The van der Waals surface area contributed by atoms with Crippen molar-refractivity contribution in [2.75, 3.05) is 50.7 Å². The van der Waals surface area contributed by atoms with Gasteiger partial charge in [-0.25, -0.2) is 8.42 Å². The maximum absolute atomic E-state index is 12.9. The van der Waals surface area contributed by atoms with Crippen LogP contribution in [0.5, 0.6) is 0 Å². The van der Waals surface area contributed by atoms with E-state index in [0.717, 1.165) is 58.8 Å². The highest BCUT2D eigenvalue weighted by atomic mass is 32.2. The van der Waals surface area contributed by atoms with E-state index in [1.54, 1.807) is 24.3 Å². The lowest BCUT2D eigenvalue weighted by Gasteiger charge is -2.36. The Balaban J connectivity index is 1.32. The highest BCUT2D eigenvalue weighted by Gasteiger charge is 2.26. The van der Waals surface area contributed by atoms with E-state index in [-0.39, 0.29) is 10.8 Å². The number of likely N-dealkylation sites (tertiary alicyclic amines) is 1. The number of amides is 1. The molecule has 0 spiro atoms. The Bertz CT molecular complexity index is 968. The van der Waals surface area contributed by atoms with Gasteiger partial charge in [0.25, 0.3) is 15.9 Å². The van der Waals surface area contributed by atoms with Crippen molar-refractivity contribution in [2.45, 2.75) is 17.7 Å². The van der Waals surface area contributed by atoms with E-state index >= 15 is 0 Å². The van der Waals surface area contributed by atoms with Crippen LogP contribution in [0.15, 0.2) is 53.7 Å². The number of carbonyl (C=O) groups excluding carboxylic acids is 1. The number of hydrogen-bond acceptors (Lipinski definition) is 6. The zero-order valence-electron chi connectivity index (χ0n) is 17.4. The molecule has 4 rings (SSSR count). The molecule has 9 heteroatoms. The molecule has 3 heterocycles. The van der Waals surface area contributed by atoms with Crippen molar-refractivity contribution in [3.05, 3.63) is 54.4 Å². The molecule has 166 valence electrons. The fraction of sp³-hybridized carbons (Fsp3) is 0.455. The smallest absolute Gasteiger partial charge is 0.261 e. The molecule has 0 unspecified atom stereocenters. The summed E-state index contributed by atoms with van der Waals surface area (Å²) < 4.78 is 33.0. The minimum Gasteiger partial charge on any atom is -0.379 e. The van der Waals surface area contributed by atoms with Crippen molar-refractivity contribution >= 4 is 21.6 Å². The number of hydrogen-bond donors (Lipinski definition) is 1. The fourth-order valence-corrected chi connectivity index (χ4v) is 5.12. The highest BCUT2D eigenvalue weighted by molar-refractivity contribution is 7.92. The second kappa shape index (κ2) is 9.76. The van der Waals surface area contributed by atoms with E-state index in [4.69, 9.17) is 4.74 Å². The van der Waals surface area contributed by atoms with Gasteiger partial charge in [-0.3, -0.25) is 19.4 Å². The number of sulfonamides is 1. The molecule has 1 N–H and O–H groups in total. The number of morpholine rings is 1. The van der Waals surface area contributed by atoms with Crippen LogP contribution in [0, 0.1) is 5.92 Å². The van der Waals surface area contributed by atoms with E-state index in [0.29, 0.717) is 17.2 Å². The van der Waals surface area contributed by atoms with Crippen molar-refractivity contribution < 1.29 is 17.9 Å². The minimum absolute atomic E-state index is 0.0455. The number of nitrogens with zero attached hydrogens (tertiary/aromatic N) is 3. The van der Waals surface area contributed by atoms with Gasteiger partial charge < -0.3 is 9.64 Å². The standard InChI is InChI=1S/C22H28N4O4S/c27-22(26-11-7-18(8-12-26)17-25-13-15-30-16-14-25)19-1-3-21(4-2-19)31(28,29)24-20-5-9-23-10-6-20/h1-6,9-10,18H,7-8,11-17H2,(H,23,24). The normalized spacial score (nSPS) is 18.6. The lowest BCUT2D eigenvalue weighted by atomic mass is 9.95. The third-order valence-corrected chi connectivity index (χ3v) is 7.26. The van der Waals surface area contributed by atoms with Crippen LogP contribution in [-0.4, -0.2) is 75.0 Å². The fourth-order valence-electron chi connectivity index (χ4n) is 4.06. The van der Waals surface area contributed by atoms with E-state index in [9.17, 15) is 13.2 Å². The summed E-state index contributed by atoms with van der Waals surface area (Å²) in [6.45, 7) is 6.13. The molecule has 1 aromatic heterocycles. The summed E-state index contributed by atoms with van der Waals surface area (Å²) in [6, 6.07) is 9.28. The first-order chi connectivity index (χ1) is 15.0. The zero-order valence-corrected chi connectivity index (χ0v) is 18.3. The van der Waals surface area contributed by atoms with Crippen LogP contribution in [-0.2, 0) is 14.8 Å². The molecule has 0 atom stereocenters. The Labute approximate surface area is 183 Å². The first kappa shape index (κ1) is 21.7. The summed E-state index contributed by atoms with van der Waals surface area (Å²) in [4.78, 5) is 21.2. The van der Waals surface area contributed by atoms with Crippen molar-refractivity contribution in [1.82, 2.24) is 14.8 Å². The van der Waals surface area contributed by atoms with Gasteiger partial charge in [0.15, 0.2) is 0 Å². The number of anilines is 1. The predicted octanol–water partition coefficient (Wildman–Crippen LogP) is 2.07. The van der Waals surface area contributed by atoms with E-state index in [1.165, 1.54) is 24.5 Å². The van der Waals surface area contributed by atoms with Gasteiger partial charge in [-0.2, -0.15) is 0 Å². The molecular formula is C22H28N4O4S. The first-order valence-electron chi connectivity index (χ1n) is 10.6. The van der Waals surface area contributed by atoms with Gasteiger partial charge in [0.1, 0.15) is 0 Å². The van der Waals surface area contributed by atoms with Gasteiger partial charge in [0.2, 0.25) is 0 Å². The molecule has 0 bridgehead atoms. The number of benzene rings is 1. The summed E-state index contributed by atoms with van der Waals surface area (Å²) in [5.74, 6) is 0.560. The van der Waals surface area contributed by atoms with Crippen molar-refractivity contribution in [1.29, 1.82) is 0 Å². The van der Waals surface area contributed by atoms with Crippen molar-refractivity contribution in [3.63, 3.8) is 0 Å². The number of pyridine rings is 1. The number of nitrogens with one attached hydrogen (secondary N) is 1. The van der Waals surface area contributed by atoms with Crippen LogP contribution in [0.4, 0.5) is 5.69 Å². The minimum atomic E-state index is -3.72. The molecule has 2 fully saturated rings. The molecule has 0 aliphatic carbocycles. The molecule has 2 aliphatic rings. The largest absolute Gasteiger partial charge is 0.379 e. The molecular weight excluding hydrogens is 416 g/mol. The van der Waals surface area contributed by atoms with E-state index in [2.05, 4.69) is 14.6 Å². The maximum Gasteiger partial charge on any atom is 0.261 e. The summed E-state index contributed by atoms with van der Waals surface area (Å²) in [5.41, 5.74) is 0.949.